The van der Waals surface area contributed by atoms with Crippen LogP contribution in [0.1, 0.15) is 13.8 Å². The largest absolute Gasteiger partial charge is 0.494 e. The second-order valence-electron chi connectivity index (χ2n) is 2.70. The fourth-order valence-corrected chi connectivity index (χ4v) is 1.06. The van der Waals surface area contributed by atoms with Crippen LogP contribution in [0.5, 0.6) is 5.75 Å². The van der Waals surface area contributed by atoms with E-state index in [-0.39, 0.29) is 6.61 Å². The number of carbonyl (C=O) groups excluding carboxylic acids is 1. The van der Waals surface area contributed by atoms with Crippen LogP contribution in [0.15, 0.2) is 23.1 Å². The summed E-state index contributed by atoms with van der Waals surface area (Å²) in [6.07, 6.45) is 0.663. The summed E-state index contributed by atoms with van der Waals surface area (Å²) in [7, 11) is 0. The van der Waals surface area contributed by atoms with Crippen LogP contribution in [0.4, 0.5) is 4.79 Å². The first-order chi connectivity index (χ1) is 7.19. The van der Waals surface area contributed by atoms with Gasteiger partial charge in [0.25, 0.3) is 5.56 Å². The van der Waals surface area contributed by atoms with Crippen molar-refractivity contribution in [3.63, 3.8) is 0 Å². The molecule has 0 fully saturated rings. The number of hydrogen-bond acceptors (Lipinski definition) is 4. The third-order valence-corrected chi connectivity index (χ3v) is 1.67. The van der Waals surface area contributed by atoms with Crippen molar-refractivity contribution in [2.45, 2.75) is 13.8 Å². The van der Waals surface area contributed by atoms with Crippen LogP contribution in [0.3, 0.4) is 0 Å². The Morgan fingerprint density at radius 2 is 2.13 bits per heavy atom. The van der Waals surface area contributed by atoms with E-state index >= 15 is 0 Å². The highest BCUT2D eigenvalue weighted by Crippen LogP contribution is 2.05. The maximum absolute atomic E-state index is 11.4. The molecular formula is C10H13NO4. The van der Waals surface area contributed by atoms with Gasteiger partial charge in [-0.2, -0.15) is 0 Å². The minimum absolute atomic E-state index is 0.235. The van der Waals surface area contributed by atoms with Crippen LogP contribution in [0.25, 0.3) is 0 Å². The highest BCUT2D eigenvalue weighted by molar-refractivity contribution is 5.70. The van der Waals surface area contributed by atoms with Crippen LogP contribution in [0, 0.1) is 0 Å². The first-order valence-corrected chi connectivity index (χ1v) is 4.71. The van der Waals surface area contributed by atoms with E-state index in [1.54, 1.807) is 13.0 Å². The molecule has 82 valence electrons. The summed E-state index contributed by atoms with van der Waals surface area (Å²) in [5.74, 6) is 0.447. The van der Waals surface area contributed by atoms with Crippen molar-refractivity contribution in [1.29, 1.82) is 0 Å². The Morgan fingerprint density at radius 3 is 2.67 bits per heavy atom. The predicted molar refractivity (Wildman–Crippen MR) is 54.3 cm³/mol. The standard InChI is InChI=1S/C10H13NO4/c1-3-14-8-5-6-11(9(12)7-8)10(13)15-4-2/h5-7H,3-4H2,1-2H3. The minimum atomic E-state index is -0.675. The molecule has 1 aromatic heterocycles. The van der Waals surface area contributed by atoms with Crippen molar-refractivity contribution in [2.75, 3.05) is 13.2 Å². The third kappa shape index (κ3) is 2.83. The van der Waals surface area contributed by atoms with Gasteiger partial charge >= 0.3 is 6.09 Å². The molecule has 1 rings (SSSR count). The molecule has 0 aliphatic heterocycles. The molecule has 15 heavy (non-hydrogen) atoms. The number of nitrogens with zero attached hydrogens (tertiary/aromatic N) is 1. The lowest BCUT2D eigenvalue weighted by molar-refractivity contribution is 0.153. The molecule has 5 heteroatoms. The lowest BCUT2D eigenvalue weighted by atomic mass is 10.4. The van der Waals surface area contributed by atoms with Crippen molar-refractivity contribution in [1.82, 2.24) is 4.57 Å². The predicted octanol–water partition coefficient (Wildman–Crippen LogP) is 1.25. The second-order valence-corrected chi connectivity index (χ2v) is 2.70. The monoisotopic (exact) mass is 211 g/mol. The normalized spacial score (nSPS) is 9.73. The van der Waals surface area contributed by atoms with Gasteiger partial charge in [-0.25, -0.2) is 9.36 Å². The van der Waals surface area contributed by atoms with Gasteiger partial charge in [0.1, 0.15) is 5.75 Å². The molecule has 1 heterocycles. The highest BCUT2D eigenvalue weighted by atomic mass is 16.5. The fourth-order valence-electron chi connectivity index (χ4n) is 1.06. The summed E-state index contributed by atoms with van der Waals surface area (Å²) in [4.78, 5) is 22.6. The summed E-state index contributed by atoms with van der Waals surface area (Å²) in [6, 6.07) is 2.79. The summed E-state index contributed by atoms with van der Waals surface area (Å²) in [6.45, 7) is 4.20. The number of rotatable bonds is 3. The van der Waals surface area contributed by atoms with Crippen molar-refractivity contribution in [3.8, 4) is 5.75 Å². The number of ether oxygens (including phenoxy) is 2. The van der Waals surface area contributed by atoms with Gasteiger partial charge < -0.3 is 9.47 Å². The third-order valence-electron chi connectivity index (χ3n) is 1.67. The average Bonchev–Trinajstić information content (AvgIpc) is 2.18. The molecule has 0 atom stereocenters. The topological polar surface area (TPSA) is 57.5 Å². The molecule has 0 aromatic carbocycles. The minimum Gasteiger partial charge on any atom is -0.494 e. The lowest BCUT2D eigenvalue weighted by Gasteiger charge is -2.05. The number of aromatic nitrogens is 1. The van der Waals surface area contributed by atoms with Crippen molar-refractivity contribution >= 4 is 6.09 Å². The van der Waals surface area contributed by atoms with Gasteiger partial charge in [0, 0.05) is 12.3 Å². The van der Waals surface area contributed by atoms with Gasteiger partial charge in [0.05, 0.1) is 13.2 Å². The molecule has 0 spiro atoms. The van der Waals surface area contributed by atoms with Crippen molar-refractivity contribution in [3.05, 3.63) is 28.7 Å². The molecule has 0 bridgehead atoms. The van der Waals surface area contributed by atoms with E-state index in [0.717, 1.165) is 4.57 Å². The van der Waals surface area contributed by atoms with Gasteiger partial charge in [-0.1, -0.05) is 0 Å². The van der Waals surface area contributed by atoms with Crippen LogP contribution in [-0.2, 0) is 4.74 Å². The van der Waals surface area contributed by atoms with E-state index in [1.165, 1.54) is 12.3 Å². The molecular weight excluding hydrogens is 198 g/mol. The van der Waals surface area contributed by atoms with Crippen molar-refractivity contribution in [2.24, 2.45) is 0 Å². The SMILES string of the molecule is CCOC(=O)n1ccc(OCC)cc1=O. The molecule has 5 nitrogen and oxygen atoms in total. The van der Waals surface area contributed by atoms with E-state index in [1.807, 2.05) is 6.92 Å². The van der Waals surface area contributed by atoms with Crippen LogP contribution in [-0.4, -0.2) is 23.9 Å². The number of hydrogen-bond donors (Lipinski definition) is 0. The van der Waals surface area contributed by atoms with Gasteiger partial charge in [-0.3, -0.25) is 4.79 Å². The second kappa shape index (κ2) is 5.19. The molecule has 0 saturated carbocycles. The maximum Gasteiger partial charge on any atom is 0.420 e. The summed E-state index contributed by atoms with van der Waals surface area (Å²) < 4.78 is 10.7. The molecule has 0 saturated heterocycles. The Bertz CT molecular complexity index is 397. The molecule has 0 aliphatic carbocycles. The first kappa shape index (κ1) is 11.3. The molecule has 0 aliphatic rings. The molecule has 0 radical (unpaired) electrons. The van der Waals surface area contributed by atoms with Gasteiger partial charge in [-0.05, 0) is 19.9 Å². The van der Waals surface area contributed by atoms with Crippen LogP contribution >= 0.6 is 0 Å². The Kier molecular flexibility index (Phi) is 3.91. The van der Waals surface area contributed by atoms with E-state index in [9.17, 15) is 9.59 Å². The van der Waals surface area contributed by atoms with Crippen LogP contribution in [0.2, 0.25) is 0 Å². The number of carbonyl (C=O) groups is 1. The lowest BCUT2D eigenvalue weighted by Crippen LogP contribution is -2.26. The summed E-state index contributed by atoms with van der Waals surface area (Å²) in [5, 5.41) is 0. The Hall–Kier alpha value is -1.78. The molecule has 0 N–H and O–H groups in total. The zero-order valence-electron chi connectivity index (χ0n) is 8.73. The molecule has 0 amide bonds. The van der Waals surface area contributed by atoms with Crippen molar-refractivity contribution < 1.29 is 14.3 Å². The zero-order valence-corrected chi connectivity index (χ0v) is 8.73. The highest BCUT2D eigenvalue weighted by Gasteiger charge is 2.07. The average molecular weight is 211 g/mol. The Labute approximate surface area is 87.2 Å². The smallest absolute Gasteiger partial charge is 0.420 e. The van der Waals surface area contributed by atoms with Gasteiger partial charge in [0.2, 0.25) is 0 Å². The van der Waals surface area contributed by atoms with E-state index in [2.05, 4.69) is 0 Å². The van der Waals surface area contributed by atoms with E-state index < -0.39 is 11.7 Å². The van der Waals surface area contributed by atoms with Gasteiger partial charge in [-0.15, -0.1) is 0 Å². The molecule has 1 aromatic rings. The quantitative estimate of drug-likeness (QED) is 0.755. The van der Waals surface area contributed by atoms with E-state index in [0.29, 0.717) is 12.4 Å². The van der Waals surface area contributed by atoms with E-state index in [4.69, 9.17) is 9.47 Å². The fraction of sp³-hybridized carbons (Fsp3) is 0.400. The number of pyridine rings is 1. The van der Waals surface area contributed by atoms with Crippen LogP contribution < -0.4 is 10.3 Å². The maximum atomic E-state index is 11.4. The Balaban J connectivity index is 2.93. The summed E-state index contributed by atoms with van der Waals surface area (Å²) >= 11 is 0. The Morgan fingerprint density at radius 1 is 1.40 bits per heavy atom. The first-order valence-electron chi connectivity index (χ1n) is 4.71. The zero-order chi connectivity index (χ0) is 11.3. The molecule has 0 unspecified atom stereocenters. The summed E-state index contributed by atoms with van der Waals surface area (Å²) in [5.41, 5.74) is -0.459. The van der Waals surface area contributed by atoms with Gasteiger partial charge in [0.15, 0.2) is 0 Å².